The van der Waals surface area contributed by atoms with Gasteiger partial charge in [-0.1, -0.05) is 23.1 Å². The second kappa shape index (κ2) is 5.53. The fourth-order valence-electron chi connectivity index (χ4n) is 1.81. The lowest BCUT2D eigenvalue weighted by atomic mass is 10.3. The molecule has 106 valence electrons. The predicted molar refractivity (Wildman–Crippen MR) is 79.3 cm³/mol. The van der Waals surface area contributed by atoms with Crippen LogP contribution in [0.3, 0.4) is 0 Å². The summed E-state index contributed by atoms with van der Waals surface area (Å²) < 4.78 is 0.864. The number of nitrogens with one attached hydrogen (secondary N) is 2. The highest BCUT2D eigenvalue weighted by Crippen LogP contribution is 2.42. The van der Waals surface area contributed by atoms with E-state index in [-0.39, 0.29) is 5.91 Å². The van der Waals surface area contributed by atoms with Crippen molar-refractivity contribution in [3.05, 3.63) is 16.4 Å². The van der Waals surface area contributed by atoms with Crippen LogP contribution in [0.15, 0.2) is 4.34 Å². The highest BCUT2D eigenvalue weighted by molar-refractivity contribution is 8.01. The third-order valence-corrected chi connectivity index (χ3v) is 5.29. The molecule has 0 bridgehead atoms. The summed E-state index contributed by atoms with van der Waals surface area (Å²) in [6.07, 6.45) is 2.44. The van der Waals surface area contributed by atoms with Gasteiger partial charge < -0.3 is 5.32 Å². The minimum absolute atomic E-state index is 0.0502. The number of nitrogens with zero attached hydrogens (tertiary/aromatic N) is 3. The number of rotatable bonds is 5. The van der Waals surface area contributed by atoms with Gasteiger partial charge in [-0.2, -0.15) is 5.10 Å². The van der Waals surface area contributed by atoms with Crippen molar-refractivity contribution in [3.63, 3.8) is 0 Å². The van der Waals surface area contributed by atoms with Crippen LogP contribution in [0.4, 0.5) is 5.69 Å². The Hall–Kier alpha value is -1.41. The standard InChI is InChI=1S/C12H15N5OS2/c1-6-10(7(2)15-14-6)13-9(18)5-19-12-17-16-11(20-12)8-3-4-8/h8H,3-5H2,1-2H3,(H,13,18)(H,14,15). The molecule has 2 N–H and O–H groups in total. The second-order valence-electron chi connectivity index (χ2n) is 4.83. The molecule has 0 aliphatic heterocycles. The molecule has 1 saturated carbocycles. The van der Waals surface area contributed by atoms with Crippen LogP contribution in [-0.4, -0.2) is 32.1 Å². The number of aromatic amines is 1. The van der Waals surface area contributed by atoms with Crippen molar-refractivity contribution >= 4 is 34.7 Å². The van der Waals surface area contributed by atoms with E-state index in [1.165, 1.54) is 24.6 Å². The Morgan fingerprint density at radius 3 is 2.90 bits per heavy atom. The summed E-state index contributed by atoms with van der Waals surface area (Å²) in [6.45, 7) is 3.74. The van der Waals surface area contributed by atoms with Gasteiger partial charge in [-0.3, -0.25) is 9.89 Å². The van der Waals surface area contributed by atoms with E-state index in [0.29, 0.717) is 11.7 Å². The summed E-state index contributed by atoms with van der Waals surface area (Å²) in [5.41, 5.74) is 2.44. The first-order valence-electron chi connectivity index (χ1n) is 6.41. The van der Waals surface area contributed by atoms with Gasteiger partial charge >= 0.3 is 0 Å². The molecular weight excluding hydrogens is 294 g/mol. The van der Waals surface area contributed by atoms with Crippen LogP contribution in [-0.2, 0) is 4.79 Å². The molecule has 0 radical (unpaired) electrons. The van der Waals surface area contributed by atoms with Crippen molar-refractivity contribution in [2.45, 2.75) is 36.9 Å². The number of carbonyl (C=O) groups excluding carboxylic acids is 1. The maximum atomic E-state index is 11.9. The zero-order valence-electron chi connectivity index (χ0n) is 11.3. The van der Waals surface area contributed by atoms with Gasteiger partial charge in [0.15, 0.2) is 4.34 Å². The lowest BCUT2D eigenvalue weighted by Gasteiger charge is -2.03. The van der Waals surface area contributed by atoms with Gasteiger partial charge in [-0.15, -0.1) is 10.2 Å². The van der Waals surface area contributed by atoms with Gasteiger partial charge in [0.05, 0.1) is 22.8 Å². The van der Waals surface area contributed by atoms with Gasteiger partial charge in [0.1, 0.15) is 5.01 Å². The number of hydrogen-bond donors (Lipinski definition) is 2. The van der Waals surface area contributed by atoms with Crippen molar-refractivity contribution in [2.75, 3.05) is 11.1 Å². The Kier molecular flexibility index (Phi) is 3.75. The summed E-state index contributed by atoms with van der Waals surface area (Å²) in [6, 6.07) is 0. The number of thioether (sulfide) groups is 1. The summed E-state index contributed by atoms with van der Waals surface area (Å²) >= 11 is 3.03. The number of aromatic nitrogens is 4. The van der Waals surface area contributed by atoms with Gasteiger partial charge in [0.2, 0.25) is 5.91 Å². The monoisotopic (exact) mass is 309 g/mol. The zero-order valence-corrected chi connectivity index (χ0v) is 12.9. The molecule has 2 aromatic rings. The first kappa shape index (κ1) is 13.6. The summed E-state index contributed by atoms with van der Waals surface area (Å²) in [5.74, 6) is 0.904. The molecule has 0 unspecified atom stereocenters. The van der Waals surface area contributed by atoms with E-state index in [1.54, 1.807) is 11.3 Å². The smallest absolute Gasteiger partial charge is 0.234 e. The molecule has 6 nitrogen and oxygen atoms in total. The van der Waals surface area contributed by atoms with E-state index in [4.69, 9.17) is 0 Å². The molecule has 2 heterocycles. The minimum Gasteiger partial charge on any atom is -0.322 e. The van der Waals surface area contributed by atoms with Crippen molar-refractivity contribution in [2.24, 2.45) is 0 Å². The van der Waals surface area contributed by atoms with Crippen LogP contribution >= 0.6 is 23.1 Å². The molecule has 1 fully saturated rings. The Labute approximate surface area is 124 Å². The Balaban J connectivity index is 1.53. The molecule has 1 amide bonds. The average molecular weight is 309 g/mol. The molecule has 0 spiro atoms. The van der Waals surface area contributed by atoms with Gasteiger partial charge in [0.25, 0.3) is 0 Å². The number of amides is 1. The van der Waals surface area contributed by atoms with E-state index in [9.17, 15) is 4.79 Å². The molecular formula is C12H15N5OS2. The van der Waals surface area contributed by atoms with Crippen LogP contribution in [0.5, 0.6) is 0 Å². The summed E-state index contributed by atoms with van der Waals surface area (Å²) in [4.78, 5) is 11.9. The molecule has 3 rings (SSSR count). The maximum Gasteiger partial charge on any atom is 0.234 e. The van der Waals surface area contributed by atoms with E-state index in [0.717, 1.165) is 26.4 Å². The molecule has 8 heteroatoms. The maximum absolute atomic E-state index is 11.9. The SMILES string of the molecule is Cc1n[nH]c(C)c1NC(=O)CSc1nnc(C2CC2)s1. The number of H-pyrrole nitrogens is 1. The Bertz CT molecular complexity index is 612. The van der Waals surface area contributed by atoms with Gasteiger partial charge in [0, 0.05) is 5.92 Å². The lowest BCUT2D eigenvalue weighted by molar-refractivity contribution is -0.113. The highest BCUT2D eigenvalue weighted by atomic mass is 32.2. The molecule has 1 aliphatic rings. The lowest BCUT2D eigenvalue weighted by Crippen LogP contribution is -2.14. The van der Waals surface area contributed by atoms with Crippen LogP contribution in [0, 0.1) is 13.8 Å². The van der Waals surface area contributed by atoms with Crippen LogP contribution < -0.4 is 5.32 Å². The first-order valence-corrected chi connectivity index (χ1v) is 8.21. The third-order valence-electron chi connectivity index (χ3n) is 3.07. The number of hydrogen-bond acceptors (Lipinski definition) is 6. The van der Waals surface area contributed by atoms with E-state index in [1.807, 2.05) is 13.8 Å². The van der Waals surface area contributed by atoms with Crippen LogP contribution in [0.2, 0.25) is 0 Å². The van der Waals surface area contributed by atoms with Gasteiger partial charge in [-0.25, -0.2) is 0 Å². The number of anilines is 1. The molecule has 0 atom stereocenters. The summed E-state index contributed by atoms with van der Waals surface area (Å²) in [7, 11) is 0. The zero-order chi connectivity index (χ0) is 14.1. The molecule has 2 aromatic heterocycles. The number of carbonyl (C=O) groups is 1. The van der Waals surface area contributed by atoms with Crippen LogP contribution in [0.25, 0.3) is 0 Å². The Morgan fingerprint density at radius 2 is 2.25 bits per heavy atom. The van der Waals surface area contributed by atoms with Crippen molar-refractivity contribution in [3.8, 4) is 0 Å². The minimum atomic E-state index is -0.0502. The van der Waals surface area contributed by atoms with Crippen molar-refractivity contribution in [1.82, 2.24) is 20.4 Å². The molecule has 0 aromatic carbocycles. The highest BCUT2D eigenvalue weighted by Gasteiger charge is 2.27. The Morgan fingerprint density at radius 1 is 1.45 bits per heavy atom. The van der Waals surface area contributed by atoms with E-state index in [2.05, 4.69) is 25.7 Å². The first-order chi connectivity index (χ1) is 9.63. The van der Waals surface area contributed by atoms with Crippen molar-refractivity contribution in [1.29, 1.82) is 0 Å². The average Bonchev–Trinajstić information content (AvgIpc) is 3.10. The van der Waals surface area contributed by atoms with E-state index >= 15 is 0 Å². The fourth-order valence-corrected chi connectivity index (χ4v) is 3.65. The molecule has 0 saturated heterocycles. The van der Waals surface area contributed by atoms with Crippen LogP contribution in [0.1, 0.15) is 35.2 Å². The largest absolute Gasteiger partial charge is 0.322 e. The number of aryl methyl sites for hydroxylation is 2. The van der Waals surface area contributed by atoms with Gasteiger partial charge in [-0.05, 0) is 26.7 Å². The molecule has 20 heavy (non-hydrogen) atoms. The molecule has 1 aliphatic carbocycles. The van der Waals surface area contributed by atoms with E-state index < -0.39 is 0 Å². The normalized spacial score (nSPS) is 14.5. The predicted octanol–water partition coefficient (Wildman–Crippen LogP) is 2.49. The quantitative estimate of drug-likeness (QED) is 0.829. The summed E-state index contributed by atoms with van der Waals surface area (Å²) in [5, 5.41) is 19.2. The topological polar surface area (TPSA) is 83.6 Å². The fraction of sp³-hybridized carbons (Fsp3) is 0.500. The third kappa shape index (κ3) is 3.01. The van der Waals surface area contributed by atoms with Crippen molar-refractivity contribution < 1.29 is 4.79 Å². The second-order valence-corrected chi connectivity index (χ2v) is 7.06.